The van der Waals surface area contributed by atoms with E-state index >= 15 is 4.79 Å². The molecule has 8 nitrogen and oxygen atoms in total. The number of fused-ring (bicyclic) bond motifs is 2. The molecule has 1 heterocycles. The number of para-hydroxylation sites is 1. The number of hydrogen-bond donors (Lipinski definition) is 3. The molecule has 4 aromatic rings. The zero-order valence-electron chi connectivity index (χ0n) is 32.7. The highest BCUT2D eigenvalue weighted by Crippen LogP contribution is 2.78. The number of aliphatic hydroxyl groups is 2. The maximum Gasteiger partial charge on any atom is 0.322 e. The minimum absolute atomic E-state index is 0.0453. The number of urea groups is 1. The van der Waals surface area contributed by atoms with Gasteiger partial charge in [-0.25, -0.2) is 4.79 Å². The Morgan fingerprint density at radius 3 is 2.38 bits per heavy atom. The van der Waals surface area contributed by atoms with Crippen molar-refractivity contribution >= 4 is 38.9 Å². The number of amides is 2. The number of nitrogens with one attached hydrogen (secondary N) is 1. The Morgan fingerprint density at radius 2 is 1.61 bits per heavy atom. The summed E-state index contributed by atoms with van der Waals surface area (Å²) in [6.45, 7) is 4.94. The molecule has 3 saturated carbocycles. The van der Waals surface area contributed by atoms with Crippen molar-refractivity contribution in [2.24, 2.45) is 33.5 Å². The molecule has 3 N–H and O–H groups in total. The van der Waals surface area contributed by atoms with Crippen LogP contribution in [0.4, 0.5) is 10.5 Å². The van der Waals surface area contributed by atoms with E-state index in [0.29, 0.717) is 30.0 Å². The highest BCUT2D eigenvalue weighted by atomic mass is 32.1. The van der Waals surface area contributed by atoms with Crippen molar-refractivity contribution in [1.29, 1.82) is 0 Å². The lowest BCUT2D eigenvalue weighted by atomic mass is 9.32. The topological polar surface area (TPSA) is 108 Å². The monoisotopic (exact) mass is 772 g/mol. The number of hydrogen-bond acceptors (Lipinski definition) is 7. The Hall–Kier alpha value is -4.44. The summed E-state index contributed by atoms with van der Waals surface area (Å²) in [5.41, 5.74) is -0.711. The van der Waals surface area contributed by atoms with Crippen LogP contribution in [0.15, 0.2) is 103 Å². The number of benzene rings is 3. The fourth-order valence-corrected chi connectivity index (χ4v) is 13.3. The van der Waals surface area contributed by atoms with Gasteiger partial charge in [0.2, 0.25) is 0 Å². The van der Waals surface area contributed by atoms with Gasteiger partial charge in [-0.3, -0.25) is 4.79 Å². The number of anilines is 1. The van der Waals surface area contributed by atoms with Crippen molar-refractivity contribution in [3.05, 3.63) is 113 Å². The Bertz CT molecular complexity index is 2240. The molecule has 2 amide bonds. The molecule has 1 unspecified atom stereocenters. The van der Waals surface area contributed by atoms with E-state index in [1.165, 1.54) is 0 Å². The normalized spacial score (nSPS) is 33.9. The van der Waals surface area contributed by atoms with Crippen LogP contribution in [0.25, 0.3) is 10.1 Å². The van der Waals surface area contributed by atoms with Gasteiger partial charge in [-0.1, -0.05) is 68.5 Å². The highest BCUT2D eigenvalue weighted by molar-refractivity contribution is 7.21. The molecule has 56 heavy (non-hydrogen) atoms. The quantitative estimate of drug-likeness (QED) is 0.116. The maximum absolute atomic E-state index is 15.2. The standard InChI is InChI=1S/C47H52N2O6S/c1-43-19-16-33(50)26-45(43)22-23-47(35(27-45)41(51)38-24-30-10-8-9-13-37(30)56-38)39(43)17-20-44(2)40(47)18-21-46(44,53)29-49(42(52)48-32-11-6-5-7-12-32)28-31-14-15-34(54-3)25-36(31)55-4/h5-15,22-25,27,33,39-40,50,53H,16-21,26,28-29H2,1-4H3,(H,48,52)/t33?,39-,40-,43-,44+,45+,46-,47-/m1/s1. The van der Waals surface area contributed by atoms with Gasteiger partial charge in [-0.15, -0.1) is 11.3 Å². The van der Waals surface area contributed by atoms with E-state index in [1.807, 2.05) is 66.7 Å². The maximum atomic E-state index is 15.2. The third-order valence-corrected chi connectivity index (χ3v) is 16.3. The molecule has 0 radical (unpaired) electrons. The lowest BCUT2D eigenvalue weighted by molar-refractivity contribution is -0.174. The van der Waals surface area contributed by atoms with Crippen molar-refractivity contribution in [1.82, 2.24) is 4.90 Å². The molecule has 2 spiro atoms. The SMILES string of the molecule is COc1ccc(CN(C[C@]2(O)CC[C@H]3[C@]45C=C[C@@]6(C=C4C(=O)c4cc7ccccc7s4)CC(O)CC[C@]6(C)[C@H]5CC[C@@]32C)C(=O)Nc2ccccc2)c(OC)c1. The summed E-state index contributed by atoms with van der Waals surface area (Å²) in [4.78, 5) is 32.0. The van der Waals surface area contributed by atoms with Crippen LogP contribution < -0.4 is 14.8 Å². The van der Waals surface area contributed by atoms with Crippen molar-refractivity contribution < 1.29 is 29.3 Å². The van der Waals surface area contributed by atoms with E-state index < -0.39 is 27.9 Å². The summed E-state index contributed by atoms with van der Waals surface area (Å²) in [6.07, 6.45) is 11.6. The largest absolute Gasteiger partial charge is 0.497 e. The second-order valence-corrected chi connectivity index (χ2v) is 18.7. The van der Waals surface area contributed by atoms with Crippen LogP contribution >= 0.6 is 11.3 Å². The second-order valence-electron chi connectivity index (χ2n) is 17.6. The molecule has 1 aromatic heterocycles. The molecule has 6 aliphatic rings. The first kappa shape index (κ1) is 37.2. The van der Waals surface area contributed by atoms with Gasteiger partial charge in [-0.2, -0.15) is 0 Å². The van der Waals surface area contributed by atoms with Gasteiger partial charge in [-0.05, 0) is 104 Å². The van der Waals surface area contributed by atoms with Crippen molar-refractivity contribution in [2.45, 2.75) is 77.0 Å². The molecule has 6 aliphatic carbocycles. The van der Waals surface area contributed by atoms with E-state index in [9.17, 15) is 15.0 Å². The first-order valence-electron chi connectivity index (χ1n) is 20.1. The van der Waals surface area contributed by atoms with Crippen molar-refractivity contribution in [2.75, 3.05) is 26.1 Å². The summed E-state index contributed by atoms with van der Waals surface area (Å²) in [5.74, 6) is 1.45. The van der Waals surface area contributed by atoms with Crippen LogP contribution in [0, 0.1) is 33.5 Å². The summed E-state index contributed by atoms with van der Waals surface area (Å²) in [5, 5.41) is 28.5. The zero-order chi connectivity index (χ0) is 39.1. The molecule has 3 fully saturated rings. The molecule has 3 aromatic carbocycles. The Morgan fingerprint density at radius 1 is 0.875 bits per heavy atom. The third-order valence-electron chi connectivity index (χ3n) is 15.2. The highest BCUT2D eigenvalue weighted by Gasteiger charge is 2.74. The summed E-state index contributed by atoms with van der Waals surface area (Å²) >= 11 is 1.55. The number of allylic oxidation sites excluding steroid dienone is 4. The number of Topliss-reactive ketones (excluding diaryl/α,β-unsaturated/α-hetero) is 1. The van der Waals surface area contributed by atoms with Crippen molar-refractivity contribution in [3.63, 3.8) is 0 Å². The number of carbonyl (C=O) groups excluding carboxylic acids is 2. The van der Waals surface area contributed by atoms with Crippen LogP contribution in [0.2, 0.25) is 0 Å². The fourth-order valence-electron chi connectivity index (χ4n) is 12.3. The van der Waals surface area contributed by atoms with Crippen LogP contribution in [-0.2, 0) is 6.54 Å². The number of carbonyl (C=O) groups is 2. The Kier molecular flexibility index (Phi) is 8.84. The van der Waals surface area contributed by atoms with Gasteiger partial charge in [0.25, 0.3) is 0 Å². The molecular formula is C47H52N2O6S. The Balaban J connectivity index is 1.12. The number of nitrogens with zero attached hydrogens (tertiary/aromatic N) is 1. The first-order chi connectivity index (χ1) is 26.9. The number of thiophene rings is 1. The lowest BCUT2D eigenvalue weighted by Crippen LogP contribution is -2.67. The van der Waals surface area contributed by atoms with Gasteiger partial charge >= 0.3 is 6.03 Å². The van der Waals surface area contributed by atoms with E-state index in [1.54, 1.807) is 30.5 Å². The molecule has 0 saturated heterocycles. The summed E-state index contributed by atoms with van der Waals surface area (Å²) in [6, 6.07) is 24.9. The van der Waals surface area contributed by atoms with Gasteiger partial charge < -0.3 is 29.9 Å². The lowest BCUT2D eigenvalue weighted by Gasteiger charge is -2.71. The predicted octanol–water partition coefficient (Wildman–Crippen LogP) is 9.43. The third kappa shape index (κ3) is 5.37. The van der Waals surface area contributed by atoms with Crippen molar-refractivity contribution in [3.8, 4) is 11.5 Å². The predicted molar refractivity (Wildman–Crippen MR) is 220 cm³/mol. The van der Waals surface area contributed by atoms with Crippen LogP contribution in [0.3, 0.4) is 0 Å². The van der Waals surface area contributed by atoms with E-state index in [-0.39, 0.29) is 42.2 Å². The number of ether oxygens (including phenoxy) is 2. The minimum atomic E-state index is -1.25. The molecule has 9 heteroatoms. The van der Waals surface area contributed by atoms with E-state index in [4.69, 9.17) is 9.47 Å². The fraction of sp³-hybridized carbons (Fsp3) is 0.447. The first-order valence-corrected chi connectivity index (χ1v) is 20.9. The number of methoxy groups -OCH3 is 2. The van der Waals surface area contributed by atoms with E-state index in [0.717, 1.165) is 58.2 Å². The van der Waals surface area contributed by atoms with E-state index in [2.05, 4.69) is 49.5 Å². The molecule has 292 valence electrons. The average Bonchev–Trinajstić information content (AvgIpc) is 3.76. The molecule has 10 rings (SSSR count). The molecule has 2 bridgehead atoms. The average molecular weight is 773 g/mol. The number of aliphatic hydroxyl groups excluding tert-OH is 1. The molecule has 0 aliphatic heterocycles. The van der Waals surface area contributed by atoms with Crippen LogP contribution in [0.1, 0.15) is 74.0 Å². The summed E-state index contributed by atoms with van der Waals surface area (Å²) < 4.78 is 12.3. The second kappa shape index (κ2) is 13.3. The van der Waals surface area contributed by atoms with Crippen LogP contribution in [0.5, 0.6) is 11.5 Å². The molecule has 8 atom stereocenters. The number of rotatable bonds is 9. The number of ketones is 1. The van der Waals surface area contributed by atoms with Gasteiger partial charge in [0, 0.05) is 43.8 Å². The summed E-state index contributed by atoms with van der Waals surface area (Å²) in [7, 11) is 3.22. The minimum Gasteiger partial charge on any atom is -0.497 e. The van der Waals surface area contributed by atoms with Gasteiger partial charge in [0.15, 0.2) is 5.78 Å². The molecular weight excluding hydrogens is 721 g/mol. The van der Waals surface area contributed by atoms with Crippen LogP contribution in [-0.4, -0.2) is 59.4 Å². The smallest absolute Gasteiger partial charge is 0.322 e. The zero-order valence-corrected chi connectivity index (χ0v) is 33.5. The van der Waals surface area contributed by atoms with Gasteiger partial charge in [0.1, 0.15) is 11.5 Å². The Labute approximate surface area is 333 Å². The van der Waals surface area contributed by atoms with Gasteiger partial charge in [0.05, 0.1) is 43.9 Å².